The van der Waals surface area contributed by atoms with Gasteiger partial charge in [0.2, 0.25) is 0 Å². The molecule has 2 aromatic carbocycles. The van der Waals surface area contributed by atoms with E-state index in [1.165, 1.54) is 0 Å². The van der Waals surface area contributed by atoms with E-state index < -0.39 is 0 Å². The van der Waals surface area contributed by atoms with Crippen LogP contribution < -0.4 is 10.6 Å². The first-order chi connectivity index (χ1) is 9.63. The van der Waals surface area contributed by atoms with Crippen molar-refractivity contribution >= 4 is 29.0 Å². The molecule has 3 nitrogen and oxygen atoms in total. The topological polar surface area (TPSA) is 41.1 Å². The second-order valence-electron chi connectivity index (χ2n) is 4.49. The zero-order valence-corrected chi connectivity index (χ0v) is 12.7. The van der Waals surface area contributed by atoms with Crippen LogP contribution in [0.4, 0.5) is 11.4 Å². The molecule has 0 aliphatic carbocycles. The molecule has 2 rings (SSSR count). The molecule has 0 radical (unpaired) electrons. The first kappa shape index (κ1) is 14.5. The third-order valence-electron chi connectivity index (χ3n) is 3.02. The van der Waals surface area contributed by atoms with E-state index in [4.69, 9.17) is 0 Å². The molecule has 0 atom stereocenters. The van der Waals surface area contributed by atoms with Gasteiger partial charge in [-0.25, -0.2) is 0 Å². The Morgan fingerprint density at radius 1 is 1.15 bits per heavy atom. The van der Waals surface area contributed by atoms with Gasteiger partial charge in [0.05, 0.1) is 5.56 Å². The van der Waals surface area contributed by atoms with Gasteiger partial charge in [0, 0.05) is 23.3 Å². The first-order valence-electron chi connectivity index (χ1n) is 6.38. The van der Waals surface area contributed by atoms with Crippen LogP contribution >= 0.6 is 11.8 Å². The van der Waals surface area contributed by atoms with Crippen molar-refractivity contribution in [3.8, 4) is 0 Å². The molecule has 0 aliphatic heterocycles. The molecule has 0 saturated heterocycles. The van der Waals surface area contributed by atoms with Gasteiger partial charge in [-0.2, -0.15) is 0 Å². The van der Waals surface area contributed by atoms with Gasteiger partial charge in [0.25, 0.3) is 5.91 Å². The summed E-state index contributed by atoms with van der Waals surface area (Å²) in [6, 6.07) is 13.6. The molecule has 0 bridgehead atoms. The average molecular weight is 286 g/mol. The lowest BCUT2D eigenvalue weighted by atomic mass is 10.1. The highest BCUT2D eigenvalue weighted by atomic mass is 32.2. The Kier molecular flexibility index (Phi) is 4.69. The summed E-state index contributed by atoms with van der Waals surface area (Å²) in [5.74, 6) is -0.104. The number of benzene rings is 2. The Balaban J connectivity index is 2.23. The molecule has 2 N–H and O–H groups in total. The lowest BCUT2D eigenvalue weighted by Gasteiger charge is -2.11. The highest BCUT2D eigenvalue weighted by molar-refractivity contribution is 7.98. The predicted molar refractivity (Wildman–Crippen MR) is 86.9 cm³/mol. The maximum absolute atomic E-state index is 12.3. The first-order valence-corrected chi connectivity index (χ1v) is 7.60. The van der Waals surface area contributed by atoms with Gasteiger partial charge in [-0.3, -0.25) is 4.79 Å². The number of aryl methyl sites for hydroxylation is 1. The summed E-state index contributed by atoms with van der Waals surface area (Å²) in [7, 11) is 1.82. The van der Waals surface area contributed by atoms with Gasteiger partial charge in [-0.05, 0) is 49.1 Å². The Hall–Kier alpha value is -1.94. The van der Waals surface area contributed by atoms with Crippen molar-refractivity contribution in [3.05, 3.63) is 53.6 Å². The summed E-state index contributed by atoms with van der Waals surface area (Å²) in [6.45, 7) is 2.00. The van der Waals surface area contributed by atoms with Gasteiger partial charge >= 0.3 is 0 Å². The number of hydrogen-bond acceptors (Lipinski definition) is 3. The average Bonchev–Trinajstić information content (AvgIpc) is 2.47. The van der Waals surface area contributed by atoms with E-state index in [0.29, 0.717) is 5.56 Å². The molecular formula is C16H18N2OS. The van der Waals surface area contributed by atoms with Gasteiger partial charge in [0.15, 0.2) is 0 Å². The molecule has 2 aromatic rings. The normalized spacial score (nSPS) is 10.2. The number of rotatable bonds is 4. The fourth-order valence-corrected chi connectivity index (χ4v) is 2.42. The molecule has 0 fully saturated rings. The van der Waals surface area contributed by atoms with Crippen molar-refractivity contribution in [1.29, 1.82) is 0 Å². The Morgan fingerprint density at radius 3 is 2.65 bits per heavy atom. The number of amides is 1. The zero-order chi connectivity index (χ0) is 14.5. The lowest BCUT2D eigenvalue weighted by Crippen LogP contribution is -2.14. The van der Waals surface area contributed by atoms with Gasteiger partial charge in [-0.15, -0.1) is 11.8 Å². The second kappa shape index (κ2) is 6.48. The maximum atomic E-state index is 12.3. The number of anilines is 2. The number of hydrogen-bond donors (Lipinski definition) is 2. The van der Waals surface area contributed by atoms with Crippen LogP contribution in [0.1, 0.15) is 15.9 Å². The molecule has 0 aliphatic rings. The number of nitrogens with one attached hydrogen (secondary N) is 2. The minimum atomic E-state index is -0.104. The monoisotopic (exact) mass is 286 g/mol. The highest BCUT2D eigenvalue weighted by Crippen LogP contribution is 2.22. The van der Waals surface area contributed by atoms with Crippen LogP contribution in [0.15, 0.2) is 47.4 Å². The van der Waals surface area contributed by atoms with E-state index in [2.05, 4.69) is 10.6 Å². The number of carbonyl (C=O) groups is 1. The second-order valence-corrected chi connectivity index (χ2v) is 5.36. The minimum absolute atomic E-state index is 0.104. The molecule has 0 unspecified atom stereocenters. The van der Waals surface area contributed by atoms with Gasteiger partial charge in [-0.1, -0.05) is 12.1 Å². The summed E-state index contributed by atoms with van der Waals surface area (Å²) >= 11 is 1.65. The Morgan fingerprint density at radius 2 is 1.95 bits per heavy atom. The summed E-state index contributed by atoms with van der Waals surface area (Å²) in [5, 5.41) is 6.00. The van der Waals surface area contributed by atoms with E-state index in [0.717, 1.165) is 21.8 Å². The van der Waals surface area contributed by atoms with Gasteiger partial charge < -0.3 is 10.6 Å². The van der Waals surface area contributed by atoms with Gasteiger partial charge in [0.1, 0.15) is 0 Å². The summed E-state index contributed by atoms with van der Waals surface area (Å²) in [6.07, 6.45) is 2.01. The maximum Gasteiger partial charge on any atom is 0.257 e. The van der Waals surface area contributed by atoms with E-state index in [1.807, 2.05) is 62.7 Å². The third kappa shape index (κ3) is 3.33. The molecule has 20 heavy (non-hydrogen) atoms. The van der Waals surface area contributed by atoms with Crippen LogP contribution in [0.25, 0.3) is 0 Å². The van der Waals surface area contributed by atoms with Crippen LogP contribution in [0.5, 0.6) is 0 Å². The number of carbonyl (C=O) groups excluding carboxylic acids is 1. The fourth-order valence-electron chi connectivity index (χ4n) is 1.96. The van der Waals surface area contributed by atoms with Crippen molar-refractivity contribution in [2.75, 3.05) is 23.9 Å². The third-order valence-corrected chi connectivity index (χ3v) is 3.74. The van der Waals surface area contributed by atoms with Crippen molar-refractivity contribution in [2.45, 2.75) is 11.8 Å². The summed E-state index contributed by atoms with van der Waals surface area (Å²) < 4.78 is 0. The fraction of sp³-hybridized carbons (Fsp3) is 0.188. The SMILES string of the molecule is CNc1cc(C)ccc1C(=O)Nc1cccc(SC)c1. The van der Waals surface area contributed by atoms with Crippen LogP contribution in [-0.2, 0) is 0 Å². The Labute approximate surface area is 123 Å². The summed E-state index contributed by atoms with van der Waals surface area (Å²) in [5.41, 5.74) is 3.41. The molecule has 0 aromatic heterocycles. The molecule has 1 amide bonds. The van der Waals surface area contributed by atoms with Crippen molar-refractivity contribution < 1.29 is 4.79 Å². The molecule has 4 heteroatoms. The van der Waals surface area contributed by atoms with E-state index in [9.17, 15) is 4.79 Å². The molecule has 0 saturated carbocycles. The van der Waals surface area contributed by atoms with Crippen molar-refractivity contribution in [3.63, 3.8) is 0 Å². The van der Waals surface area contributed by atoms with E-state index >= 15 is 0 Å². The van der Waals surface area contributed by atoms with Crippen LogP contribution in [0.3, 0.4) is 0 Å². The quantitative estimate of drug-likeness (QED) is 0.834. The van der Waals surface area contributed by atoms with Crippen LogP contribution in [-0.4, -0.2) is 19.2 Å². The minimum Gasteiger partial charge on any atom is -0.387 e. The van der Waals surface area contributed by atoms with Crippen LogP contribution in [0.2, 0.25) is 0 Å². The summed E-state index contributed by atoms with van der Waals surface area (Å²) in [4.78, 5) is 13.5. The molecule has 0 spiro atoms. The zero-order valence-electron chi connectivity index (χ0n) is 11.9. The Bertz CT molecular complexity index is 626. The van der Waals surface area contributed by atoms with Crippen molar-refractivity contribution in [2.24, 2.45) is 0 Å². The standard InChI is InChI=1S/C16H18N2OS/c1-11-7-8-14(15(9-11)17-2)16(19)18-12-5-4-6-13(10-12)20-3/h4-10,17H,1-3H3,(H,18,19). The van der Waals surface area contributed by atoms with Crippen LogP contribution in [0, 0.1) is 6.92 Å². The van der Waals surface area contributed by atoms with E-state index in [-0.39, 0.29) is 5.91 Å². The molecule has 104 valence electrons. The molecular weight excluding hydrogens is 268 g/mol. The largest absolute Gasteiger partial charge is 0.387 e. The smallest absolute Gasteiger partial charge is 0.257 e. The lowest BCUT2D eigenvalue weighted by molar-refractivity contribution is 0.102. The van der Waals surface area contributed by atoms with E-state index in [1.54, 1.807) is 11.8 Å². The highest BCUT2D eigenvalue weighted by Gasteiger charge is 2.11. The predicted octanol–water partition coefficient (Wildman–Crippen LogP) is 4.01. The molecule has 0 heterocycles. The van der Waals surface area contributed by atoms with Crippen molar-refractivity contribution in [1.82, 2.24) is 0 Å². The number of thioether (sulfide) groups is 1.